The zero-order valence-corrected chi connectivity index (χ0v) is 8.72. The highest BCUT2D eigenvalue weighted by atomic mass is 16.3. The summed E-state index contributed by atoms with van der Waals surface area (Å²) in [5, 5.41) is 9.75. The van der Waals surface area contributed by atoms with E-state index >= 15 is 0 Å². The van der Waals surface area contributed by atoms with E-state index in [-0.39, 0.29) is 0 Å². The van der Waals surface area contributed by atoms with Gasteiger partial charge in [-0.3, -0.25) is 0 Å². The lowest BCUT2D eigenvalue weighted by Crippen LogP contribution is -1.91. The summed E-state index contributed by atoms with van der Waals surface area (Å²) in [6.07, 6.45) is 3.10. The smallest absolute Gasteiger partial charge is 0.121 e. The summed E-state index contributed by atoms with van der Waals surface area (Å²) in [7, 11) is 0. The van der Waals surface area contributed by atoms with E-state index in [9.17, 15) is 5.11 Å². The molecule has 0 radical (unpaired) electrons. The number of benzene rings is 1. The van der Waals surface area contributed by atoms with Crippen molar-refractivity contribution in [2.24, 2.45) is 0 Å². The fourth-order valence-electron chi connectivity index (χ4n) is 1.60. The van der Waals surface area contributed by atoms with E-state index in [0.717, 1.165) is 30.4 Å². The molecule has 0 spiro atoms. The van der Waals surface area contributed by atoms with Crippen LogP contribution in [0, 0.1) is 6.92 Å². The Bertz CT molecular complexity index is 289. The van der Waals surface area contributed by atoms with Crippen molar-refractivity contribution in [3.63, 3.8) is 0 Å². The highest BCUT2D eigenvalue weighted by Crippen LogP contribution is 2.25. The molecule has 0 fully saturated rings. The lowest BCUT2D eigenvalue weighted by Gasteiger charge is -2.08. The Balaban J connectivity index is 3.09. The Morgan fingerprint density at radius 2 is 1.92 bits per heavy atom. The highest BCUT2D eigenvalue weighted by molar-refractivity contribution is 5.43. The van der Waals surface area contributed by atoms with Gasteiger partial charge in [-0.2, -0.15) is 0 Å². The van der Waals surface area contributed by atoms with Gasteiger partial charge in [0.2, 0.25) is 0 Å². The predicted octanol–water partition coefficient (Wildman–Crippen LogP) is 3.22. The van der Waals surface area contributed by atoms with Crippen LogP contribution >= 0.6 is 0 Å². The molecule has 0 aromatic heterocycles. The summed E-state index contributed by atoms with van der Waals surface area (Å²) in [4.78, 5) is 0. The van der Waals surface area contributed by atoms with E-state index in [1.165, 1.54) is 5.56 Å². The third-order valence-corrected chi connectivity index (χ3v) is 2.37. The lowest BCUT2D eigenvalue weighted by molar-refractivity contribution is 0.463. The van der Waals surface area contributed by atoms with Crippen LogP contribution in [-0.4, -0.2) is 5.11 Å². The van der Waals surface area contributed by atoms with Crippen molar-refractivity contribution < 1.29 is 5.11 Å². The van der Waals surface area contributed by atoms with Crippen molar-refractivity contribution in [3.05, 3.63) is 28.8 Å². The first-order chi connectivity index (χ1) is 6.19. The van der Waals surface area contributed by atoms with Crippen LogP contribution in [0.25, 0.3) is 0 Å². The molecule has 72 valence electrons. The molecule has 0 saturated carbocycles. The second kappa shape index (κ2) is 4.31. The second-order valence-corrected chi connectivity index (χ2v) is 3.52. The SMILES string of the molecule is CCCc1cc(CC)cc(C)c1O. The van der Waals surface area contributed by atoms with Crippen LogP contribution in [0.3, 0.4) is 0 Å². The zero-order valence-electron chi connectivity index (χ0n) is 8.72. The number of aromatic hydroxyl groups is 1. The molecular weight excluding hydrogens is 160 g/mol. The largest absolute Gasteiger partial charge is 0.507 e. The lowest BCUT2D eigenvalue weighted by atomic mass is 10.0. The van der Waals surface area contributed by atoms with E-state index in [1.807, 2.05) is 6.92 Å². The molecule has 0 aliphatic rings. The molecule has 0 saturated heterocycles. The highest BCUT2D eigenvalue weighted by Gasteiger charge is 2.04. The first-order valence-electron chi connectivity index (χ1n) is 5.00. The summed E-state index contributed by atoms with van der Waals surface area (Å²) < 4.78 is 0. The second-order valence-electron chi connectivity index (χ2n) is 3.52. The van der Waals surface area contributed by atoms with Crippen molar-refractivity contribution in [3.8, 4) is 5.75 Å². The molecule has 0 amide bonds. The molecule has 1 nitrogen and oxygen atoms in total. The number of rotatable bonds is 3. The van der Waals surface area contributed by atoms with Gasteiger partial charge in [0.25, 0.3) is 0 Å². The van der Waals surface area contributed by atoms with E-state index in [0.29, 0.717) is 5.75 Å². The fraction of sp³-hybridized carbons (Fsp3) is 0.500. The van der Waals surface area contributed by atoms with Gasteiger partial charge in [-0.1, -0.05) is 32.4 Å². The van der Waals surface area contributed by atoms with Gasteiger partial charge in [0.15, 0.2) is 0 Å². The Hall–Kier alpha value is -0.980. The van der Waals surface area contributed by atoms with E-state index in [4.69, 9.17) is 0 Å². The van der Waals surface area contributed by atoms with E-state index in [2.05, 4.69) is 26.0 Å². The quantitative estimate of drug-likeness (QED) is 0.753. The Kier molecular flexibility index (Phi) is 3.35. The van der Waals surface area contributed by atoms with Gasteiger partial charge in [-0.25, -0.2) is 0 Å². The summed E-state index contributed by atoms with van der Waals surface area (Å²) >= 11 is 0. The Labute approximate surface area is 80.4 Å². The van der Waals surface area contributed by atoms with Gasteiger partial charge in [-0.15, -0.1) is 0 Å². The van der Waals surface area contributed by atoms with Gasteiger partial charge in [0.1, 0.15) is 5.75 Å². The first-order valence-corrected chi connectivity index (χ1v) is 5.00. The molecule has 1 aromatic rings. The minimum absolute atomic E-state index is 0.485. The summed E-state index contributed by atoms with van der Waals surface area (Å²) in [5.74, 6) is 0.485. The van der Waals surface area contributed by atoms with Gasteiger partial charge in [0.05, 0.1) is 0 Å². The molecule has 1 rings (SSSR count). The van der Waals surface area contributed by atoms with Crippen LogP contribution in [0.4, 0.5) is 0 Å². The topological polar surface area (TPSA) is 20.2 Å². The predicted molar refractivity (Wildman–Crippen MR) is 56.2 cm³/mol. The minimum Gasteiger partial charge on any atom is -0.507 e. The summed E-state index contributed by atoms with van der Waals surface area (Å²) in [6.45, 7) is 6.24. The van der Waals surface area contributed by atoms with E-state index < -0.39 is 0 Å². The van der Waals surface area contributed by atoms with Crippen LogP contribution in [-0.2, 0) is 12.8 Å². The normalized spacial score (nSPS) is 10.4. The van der Waals surface area contributed by atoms with Crippen molar-refractivity contribution in [2.75, 3.05) is 0 Å². The number of phenols is 1. The fourth-order valence-corrected chi connectivity index (χ4v) is 1.60. The Morgan fingerprint density at radius 1 is 1.23 bits per heavy atom. The first kappa shape index (κ1) is 10.1. The molecule has 13 heavy (non-hydrogen) atoms. The van der Waals surface area contributed by atoms with Crippen LogP contribution in [0.15, 0.2) is 12.1 Å². The van der Waals surface area contributed by atoms with Crippen molar-refractivity contribution in [1.29, 1.82) is 0 Å². The molecule has 1 heteroatoms. The van der Waals surface area contributed by atoms with Crippen molar-refractivity contribution in [2.45, 2.75) is 40.0 Å². The molecule has 0 bridgehead atoms. The standard InChI is InChI=1S/C12H18O/c1-4-6-11-8-10(5-2)7-9(3)12(11)13/h7-8,13H,4-6H2,1-3H3. The molecular formula is C12H18O. The molecule has 1 aromatic carbocycles. The van der Waals surface area contributed by atoms with E-state index in [1.54, 1.807) is 0 Å². The van der Waals surface area contributed by atoms with Crippen LogP contribution in [0.1, 0.15) is 37.0 Å². The molecule has 1 N–H and O–H groups in total. The van der Waals surface area contributed by atoms with Gasteiger partial charge in [0, 0.05) is 0 Å². The minimum atomic E-state index is 0.485. The van der Waals surface area contributed by atoms with Gasteiger partial charge >= 0.3 is 0 Å². The molecule has 0 unspecified atom stereocenters. The molecule has 0 atom stereocenters. The van der Waals surface area contributed by atoms with Crippen molar-refractivity contribution in [1.82, 2.24) is 0 Å². The van der Waals surface area contributed by atoms with Gasteiger partial charge < -0.3 is 5.11 Å². The number of hydrogen-bond acceptors (Lipinski definition) is 1. The number of phenolic OH excluding ortho intramolecular Hbond substituents is 1. The maximum Gasteiger partial charge on any atom is 0.121 e. The van der Waals surface area contributed by atoms with Crippen molar-refractivity contribution >= 4 is 0 Å². The maximum atomic E-state index is 9.75. The monoisotopic (exact) mass is 178 g/mol. The average Bonchev–Trinajstić information content (AvgIpc) is 2.13. The molecule has 0 aliphatic heterocycles. The third-order valence-electron chi connectivity index (χ3n) is 2.37. The van der Waals surface area contributed by atoms with Gasteiger partial charge in [-0.05, 0) is 36.5 Å². The third kappa shape index (κ3) is 2.24. The van der Waals surface area contributed by atoms with Crippen LogP contribution in [0.5, 0.6) is 5.75 Å². The number of aryl methyl sites for hydroxylation is 3. The maximum absolute atomic E-state index is 9.75. The average molecular weight is 178 g/mol. The van der Waals surface area contributed by atoms with Crippen LogP contribution in [0.2, 0.25) is 0 Å². The summed E-state index contributed by atoms with van der Waals surface area (Å²) in [5.41, 5.74) is 3.42. The van der Waals surface area contributed by atoms with Crippen LogP contribution < -0.4 is 0 Å². The zero-order chi connectivity index (χ0) is 9.84. The summed E-state index contributed by atoms with van der Waals surface area (Å²) in [6, 6.07) is 4.18. The Morgan fingerprint density at radius 3 is 2.46 bits per heavy atom. The molecule has 0 aliphatic carbocycles. The number of hydrogen-bond donors (Lipinski definition) is 1. The molecule has 0 heterocycles.